The van der Waals surface area contributed by atoms with Crippen molar-refractivity contribution < 1.29 is 9.90 Å². The lowest BCUT2D eigenvalue weighted by molar-refractivity contribution is -0.116. The van der Waals surface area contributed by atoms with Crippen molar-refractivity contribution >= 4 is 11.7 Å². The molecule has 1 amide bonds. The zero-order valence-corrected chi connectivity index (χ0v) is 11.2. The van der Waals surface area contributed by atoms with Gasteiger partial charge in [0.05, 0.1) is 13.2 Å². The van der Waals surface area contributed by atoms with Gasteiger partial charge in [-0.1, -0.05) is 13.8 Å². The van der Waals surface area contributed by atoms with Crippen molar-refractivity contribution in [2.45, 2.75) is 27.4 Å². The first kappa shape index (κ1) is 14.4. The van der Waals surface area contributed by atoms with Crippen molar-refractivity contribution in [3.8, 4) is 0 Å². The van der Waals surface area contributed by atoms with Gasteiger partial charge < -0.3 is 15.7 Å². The molecule has 18 heavy (non-hydrogen) atoms. The highest BCUT2D eigenvalue weighted by molar-refractivity contribution is 5.79. The molecule has 1 rings (SSSR count). The van der Waals surface area contributed by atoms with E-state index in [-0.39, 0.29) is 19.1 Å². The molecule has 5 nitrogen and oxygen atoms in total. The lowest BCUT2D eigenvalue weighted by Gasteiger charge is -2.25. The summed E-state index contributed by atoms with van der Waals surface area (Å²) in [6.07, 6.45) is 1.62. The molecule has 0 aliphatic rings. The summed E-state index contributed by atoms with van der Waals surface area (Å²) in [5, 5.41) is 9.05. The molecule has 0 aliphatic carbocycles. The number of aliphatic hydroxyl groups excluding tert-OH is 1. The number of nitrogens with two attached hydrogens (primary N) is 1. The highest BCUT2D eigenvalue weighted by Gasteiger charge is 2.15. The molecule has 100 valence electrons. The molecule has 1 aromatic rings. The van der Waals surface area contributed by atoms with Crippen LogP contribution in [0.15, 0.2) is 12.3 Å². The van der Waals surface area contributed by atoms with Gasteiger partial charge in [-0.3, -0.25) is 4.79 Å². The lowest BCUT2D eigenvalue weighted by atomic mass is 10.1. The van der Waals surface area contributed by atoms with E-state index < -0.39 is 0 Å². The van der Waals surface area contributed by atoms with Gasteiger partial charge in [-0.2, -0.15) is 0 Å². The Morgan fingerprint density at radius 3 is 2.67 bits per heavy atom. The van der Waals surface area contributed by atoms with Crippen LogP contribution in [0.4, 0.5) is 5.82 Å². The fraction of sp³-hybridized carbons (Fsp3) is 0.538. The number of nitrogens with zero attached hydrogens (tertiary/aromatic N) is 2. The van der Waals surface area contributed by atoms with Crippen LogP contribution in [0.25, 0.3) is 0 Å². The molecule has 0 fully saturated rings. The van der Waals surface area contributed by atoms with E-state index in [2.05, 4.69) is 18.8 Å². The Labute approximate surface area is 108 Å². The van der Waals surface area contributed by atoms with Gasteiger partial charge in [0.2, 0.25) is 5.91 Å². The number of amides is 1. The molecule has 1 heterocycles. The van der Waals surface area contributed by atoms with E-state index in [0.717, 1.165) is 23.5 Å². The normalized spacial score (nSPS) is 10.7. The standard InChI is InChI=1S/C13H21N3O2/c1-9(2)6-16(7-12(14)18)13-10(3)4-11(8-17)5-15-13/h4-5,9,17H,6-8H2,1-3H3,(H2,14,18). The van der Waals surface area contributed by atoms with Crippen molar-refractivity contribution in [3.63, 3.8) is 0 Å². The molecule has 0 atom stereocenters. The predicted octanol–water partition coefficient (Wildman–Crippen LogP) is 0.830. The lowest BCUT2D eigenvalue weighted by Crippen LogP contribution is -2.37. The van der Waals surface area contributed by atoms with Crippen molar-refractivity contribution in [2.75, 3.05) is 18.0 Å². The topological polar surface area (TPSA) is 79.5 Å². The maximum Gasteiger partial charge on any atom is 0.236 e. The molecule has 0 spiro atoms. The minimum Gasteiger partial charge on any atom is -0.392 e. The van der Waals surface area contributed by atoms with E-state index >= 15 is 0 Å². The summed E-state index contributed by atoms with van der Waals surface area (Å²) in [7, 11) is 0. The van der Waals surface area contributed by atoms with Gasteiger partial charge in [0.15, 0.2) is 0 Å². The minimum absolute atomic E-state index is 0.0336. The zero-order chi connectivity index (χ0) is 13.7. The third kappa shape index (κ3) is 4.00. The summed E-state index contributed by atoms with van der Waals surface area (Å²) < 4.78 is 0. The van der Waals surface area contributed by atoms with Crippen molar-refractivity contribution in [1.29, 1.82) is 0 Å². The third-order valence-electron chi connectivity index (χ3n) is 2.52. The number of aryl methyl sites for hydroxylation is 1. The Kier molecular flexibility index (Phi) is 5.09. The molecule has 0 radical (unpaired) electrons. The summed E-state index contributed by atoms with van der Waals surface area (Å²) >= 11 is 0. The van der Waals surface area contributed by atoms with E-state index in [1.807, 2.05) is 17.9 Å². The number of hydrogen-bond acceptors (Lipinski definition) is 4. The summed E-state index contributed by atoms with van der Waals surface area (Å²) in [6.45, 7) is 6.90. The minimum atomic E-state index is -0.372. The largest absolute Gasteiger partial charge is 0.392 e. The highest BCUT2D eigenvalue weighted by atomic mass is 16.3. The number of anilines is 1. The van der Waals surface area contributed by atoms with E-state index in [9.17, 15) is 4.79 Å². The van der Waals surface area contributed by atoms with E-state index in [4.69, 9.17) is 10.8 Å². The molecule has 5 heteroatoms. The number of rotatable bonds is 6. The zero-order valence-electron chi connectivity index (χ0n) is 11.2. The molecule has 0 saturated carbocycles. The first-order valence-electron chi connectivity index (χ1n) is 6.03. The molecule has 0 aromatic carbocycles. The molecular formula is C13H21N3O2. The average molecular weight is 251 g/mol. The van der Waals surface area contributed by atoms with Crippen LogP contribution in [0.3, 0.4) is 0 Å². The maximum atomic E-state index is 11.1. The summed E-state index contributed by atoms with van der Waals surface area (Å²) in [5.74, 6) is 0.783. The van der Waals surface area contributed by atoms with Gasteiger partial charge in [0, 0.05) is 12.7 Å². The monoisotopic (exact) mass is 251 g/mol. The Morgan fingerprint density at radius 2 is 2.22 bits per heavy atom. The average Bonchev–Trinajstić information content (AvgIpc) is 2.26. The molecule has 3 N–H and O–H groups in total. The number of carbonyl (C=O) groups is 1. The second-order valence-corrected chi connectivity index (χ2v) is 4.88. The number of hydrogen-bond donors (Lipinski definition) is 2. The van der Waals surface area contributed by atoms with Crippen LogP contribution in [0, 0.1) is 12.8 Å². The highest BCUT2D eigenvalue weighted by Crippen LogP contribution is 2.19. The summed E-state index contributed by atoms with van der Waals surface area (Å²) in [4.78, 5) is 17.3. The second kappa shape index (κ2) is 6.35. The number of primary amides is 1. The van der Waals surface area contributed by atoms with E-state index in [1.165, 1.54) is 0 Å². The molecule has 0 saturated heterocycles. The second-order valence-electron chi connectivity index (χ2n) is 4.88. The number of aromatic nitrogens is 1. The van der Waals surface area contributed by atoms with Crippen molar-refractivity contribution in [1.82, 2.24) is 4.98 Å². The fourth-order valence-electron chi connectivity index (χ4n) is 1.90. The maximum absolute atomic E-state index is 11.1. The van der Waals surface area contributed by atoms with Crippen LogP contribution < -0.4 is 10.6 Å². The summed E-state index contributed by atoms with van der Waals surface area (Å²) in [6, 6.07) is 1.87. The van der Waals surface area contributed by atoms with Gasteiger partial charge in [-0.15, -0.1) is 0 Å². The first-order chi connectivity index (χ1) is 8.43. The van der Waals surface area contributed by atoms with Gasteiger partial charge in [-0.25, -0.2) is 4.98 Å². The molecular weight excluding hydrogens is 230 g/mol. The molecule has 0 bridgehead atoms. The molecule has 0 aliphatic heterocycles. The Morgan fingerprint density at radius 1 is 1.56 bits per heavy atom. The number of carbonyl (C=O) groups excluding carboxylic acids is 1. The number of pyridine rings is 1. The van der Waals surface area contributed by atoms with Crippen LogP contribution in [-0.4, -0.2) is 29.1 Å². The van der Waals surface area contributed by atoms with Gasteiger partial charge in [-0.05, 0) is 30.0 Å². The first-order valence-corrected chi connectivity index (χ1v) is 6.03. The van der Waals surface area contributed by atoms with Gasteiger partial charge in [0.1, 0.15) is 5.82 Å². The van der Waals surface area contributed by atoms with Crippen LogP contribution in [0.1, 0.15) is 25.0 Å². The van der Waals surface area contributed by atoms with Crippen LogP contribution in [0.5, 0.6) is 0 Å². The van der Waals surface area contributed by atoms with Gasteiger partial charge >= 0.3 is 0 Å². The molecule has 1 aromatic heterocycles. The SMILES string of the molecule is Cc1cc(CO)cnc1N(CC(N)=O)CC(C)C. The summed E-state index contributed by atoms with van der Waals surface area (Å²) in [5.41, 5.74) is 6.96. The Balaban J connectivity index is 3.00. The van der Waals surface area contributed by atoms with Gasteiger partial charge in [0.25, 0.3) is 0 Å². The van der Waals surface area contributed by atoms with Crippen LogP contribution in [0.2, 0.25) is 0 Å². The van der Waals surface area contributed by atoms with Crippen LogP contribution in [-0.2, 0) is 11.4 Å². The quantitative estimate of drug-likeness (QED) is 0.785. The molecule has 0 unspecified atom stereocenters. The van der Waals surface area contributed by atoms with Crippen LogP contribution >= 0.6 is 0 Å². The van der Waals surface area contributed by atoms with Crippen molar-refractivity contribution in [3.05, 3.63) is 23.4 Å². The Bertz CT molecular complexity index is 419. The smallest absolute Gasteiger partial charge is 0.236 e. The third-order valence-corrected chi connectivity index (χ3v) is 2.52. The number of aliphatic hydroxyl groups is 1. The fourth-order valence-corrected chi connectivity index (χ4v) is 1.90. The van der Waals surface area contributed by atoms with E-state index in [0.29, 0.717) is 5.92 Å². The Hall–Kier alpha value is -1.62. The predicted molar refractivity (Wildman–Crippen MR) is 71.1 cm³/mol. The van der Waals surface area contributed by atoms with Crippen molar-refractivity contribution in [2.24, 2.45) is 11.7 Å². The van der Waals surface area contributed by atoms with E-state index in [1.54, 1.807) is 6.20 Å².